The van der Waals surface area contributed by atoms with E-state index in [2.05, 4.69) is 16.0 Å². The van der Waals surface area contributed by atoms with Crippen LogP contribution in [0.1, 0.15) is 31.1 Å². The van der Waals surface area contributed by atoms with E-state index in [9.17, 15) is 14.4 Å². The van der Waals surface area contributed by atoms with E-state index in [-0.39, 0.29) is 0 Å². The zero-order valence-electron chi connectivity index (χ0n) is 13.1. The van der Waals surface area contributed by atoms with Crippen LogP contribution in [0.3, 0.4) is 0 Å². The molecule has 7 nitrogen and oxygen atoms in total. The van der Waals surface area contributed by atoms with E-state index in [1.165, 1.54) is 0 Å². The SMILES string of the molecule is CNc1ccccc1C(=O)OCC(=O)NC(=O)NC(C)(C)C. The van der Waals surface area contributed by atoms with Crippen molar-refractivity contribution in [3.63, 3.8) is 0 Å². The Hall–Kier alpha value is -2.57. The zero-order chi connectivity index (χ0) is 16.8. The highest BCUT2D eigenvalue weighted by atomic mass is 16.5. The fourth-order valence-corrected chi connectivity index (χ4v) is 1.62. The molecular formula is C15H21N3O4. The largest absolute Gasteiger partial charge is 0.452 e. The van der Waals surface area contributed by atoms with Gasteiger partial charge in [-0.15, -0.1) is 0 Å². The third-order valence-corrected chi connectivity index (χ3v) is 2.49. The van der Waals surface area contributed by atoms with Gasteiger partial charge in [0.15, 0.2) is 6.61 Å². The summed E-state index contributed by atoms with van der Waals surface area (Å²) < 4.78 is 4.89. The van der Waals surface area contributed by atoms with Gasteiger partial charge in [-0.1, -0.05) is 12.1 Å². The van der Waals surface area contributed by atoms with E-state index in [0.29, 0.717) is 11.3 Å². The van der Waals surface area contributed by atoms with Gasteiger partial charge in [0.25, 0.3) is 5.91 Å². The van der Waals surface area contributed by atoms with Crippen molar-refractivity contribution in [3.8, 4) is 0 Å². The number of imide groups is 1. The maximum Gasteiger partial charge on any atom is 0.340 e. The summed E-state index contributed by atoms with van der Waals surface area (Å²) in [7, 11) is 1.68. The second-order valence-corrected chi connectivity index (χ2v) is 5.62. The Bertz CT molecular complexity index is 564. The number of carbonyl (C=O) groups excluding carboxylic acids is 3. The first-order chi connectivity index (χ1) is 10.2. The van der Waals surface area contributed by atoms with E-state index >= 15 is 0 Å². The van der Waals surface area contributed by atoms with Gasteiger partial charge in [-0.2, -0.15) is 0 Å². The highest BCUT2D eigenvalue weighted by Crippen LogP contribution is 2.15. The van der Waals surface area contributed by atoms with Gasteiger partial charge in [0.2, 0.25) is 0 Å². The summed E-state index contributed by atoms with van der Waals surface area (Å²) in [5.74, 6) is -1.34. The second kappa shape index (κ2) is 7.44. The fourth-order valence-electron chi connectivity index (χ4n) is 1.62. The van der Waals surface area contributed by atoms with Crippen molar-refractivity contribution in [1.29, 1.82) is 0 Å². The predicted octanol–water partition coefficient (Wildman–Crippen LogP) is 1.51. The monoisotopic (exact) mass is 307 g/mol. The molecule has 1 rings (SSSR count). The molecule has 3 N–H and O–H groups in total. The Morgan fingerprint density at radius 2 is 1.77 bits per heavy atom. The van der Waals surface area contributed by atoms with Crippen LogP contribution in [0.5, 0.6) is 0 Å². The number of amides is 3. The van der Waals surface area contributed by atoms with Gasteiger partial charge in [0.1, 0.15) is 0 Å². The van der Waals surface area contributed by atoms with Crippen LogP contribution in [-0.4, -0.2) is 37.1 Å². The van der Waals surface area contributed by atoms with E-state index in [0.717, 1.165) is 0 Å². The highest BCUT2D eigenvalue weighted by Gasteiger charge is 2.17. The van der Waals surface area contributed by atoms with Crippen molar-refractivity contribution in [1.82, 2.24) is 10.6 Å². The molecule has 0 aliphatic carbocycles. The lowest BCUT2D eigenvalue weighted by Gasteiger charge is -2.20. The zero-order valence-corrected chi connectivity index (χ0v) is 13.1. The van der Waals surface area contributed by atoms with Crippen molar-refractivity contribution in [3.05, 3.63) is 29.8 Å². The Morgan fingerprint density at radius 1 is 1.14 bits per heavy atom. The van der Waals surface area contributed by atoms with Gasteiger partial charge in [0, 0.05) is 18.3 Å². The summed E-state index contributed by atoms with van der Waals surface area (Å²) in [5, 5.41) is 7.51. The molecule has 0 spiro atoms. The molecule has 120 valence electrons. The van der Waals surface area contributed by atoms with Crippen molar-refractivity contribution in [2.24, 2.45) is 0 Å². The molecule has 0 saturated carbocycles. The fraction of sp³-hybridized carbons (Fsp3) is 0.400. The first kappa shape index (κ1) is 17.5. The molecule has 0 aliphatic heterocycles. The van der Waals surface area contributed by atoms with E-state index < -0.39 is 30.1 Å². The second-order valence-electron chi connectivity index (χ2n) is 5.62. The van der Waals surface area contributed by atoms with E-state index in [1.54, 1.807) is 52.1 Å². The summed E-state index contributed by atoms with van der Waals surface area (Å²) in [6.45, 7) is 4.82. The van der Waals surface area contributed by atoms with Crippen LogP contribution in [0.4, 0.5) is 10.5 Å². The molecule has 0 saturated heterocycles. The molecule has 0 aromatic heterocycles. The topological polar surface area (TPSA) is 96.5 Å². The van der Waals surface area contributed by atoms with E-state index in [4.69, 9.17) is 4.74 Å². The summed E-state index contributed by atoms with van der Waals surface area (Å²) >= 11 is 0. The Morgan fingerprint density at radius 3 is 2.36 bits per heavy atom. The van der Waals surface area contributed by atoms with Gasteiger partial charge in [-0.05, 0) is 32.9 Å². The average molecular weight is 307 g/mol. The van der Waals surface area contributed by atoms with Crippen LogP contribution in [-0.2, 0) is 9.53 Å². The van der Waals surface area contributed by atoms with E-state index in [1.807, 2.05) is 0 Å². The Labute approximate surface area is 129 Å². The summed E-state index contributed by atoms with van der Waals surface area (Å²) in [4.78, 5) is 35.0. The number of urea groups is 1. The molecule has 0 aliphatic rings. The highest BCUT2D eigenvalue weighted by molar-refractivity contribution is 5.99. The number of hydrogen-bond donors (Lipinski definition) is 3. The third-order valence-electron chi connectivity index (χ3n) is 2.49. The van der Waals surface area contributed by atoms with Crippen LogP contribution in [0, 0.1) is 0 Å². The minimum absolute atomic E-state index is 0.317. The predicted molar refractivity (Wildman–Crippen MR) is 82.7 cm³/mol. The molecule has 1 aromatic carbocycles. The minimum Gasteiger partial charge on any atom is -0.452 e. The number of carbonyl (C=O) groups is 3. The van der Waals surface area contributed by atoms with Crippen molar-refractivity contribution >= 4 is 23.6 Å². The average Bonchev–Trinajstić information content (AvgIpc) is 2.42. The van der Waals surface area contributed by atoms with Gasteiger partial charge in [0.05, 0.1) is 5.56 Å². The third kappa shape index (κ3) is 5.82. The number of rotatable bonds is 4. The summed E-state index contributed by atoms with van der Waals surface area (Å²) in [5.41, 5.74) is 0.447. The van der Waals surface area contributed by atoms with Gasteiger partial charge >= 0.3 is 12.0 Å². The molecular weight excluding hydrogens is 286 g/mol. The van der Waals surface area contributed by atoms with Crippen LogP contribution in [0.15, 0.2) is 24.3 Å². The molecule has 7 heteroatoms. The Balaban J connectivity index is 2.50. The molecule has 0 bridgehead atoms. The number of hydrogen-bond acceptors (Lipinski definition) is 5. The number of anilines is 1. The lowest BCUT2D eigenvalue weighted by molar-refractivity contribution is -0.123. The van der Waals surface area contributed by atoms with Crippen molar-refractivity contribution < 1.29 is 19.1 Å². The minimum atomic E-state index is -0.697. The number of esters is 1. The number of benzene rings is 1. The normalized spacial score (nSPS) is 10.5. The smallest absolute Gasteiger partial charge is 0.340 e. The standard InChI is InChI=1S/C15H21N3O4/c1-15(2,3)18-14(21)17-12(19)9-22-13(20)10-7-5-6-8-11(10)16-4/h5-8,16H,9H2,1-4H3,(H2,17,18,19,21). The summed E-state index contributed by atoms with van der Waals surface area (Å²) in [6.07, 6.45) is 0. The van der Waals surface area contributed by atoms with Crippen LogP contribution < -0.4 is 16.0 Å². The van der Waals surface area contributed by atoms with Crippen molar-refractivity contribution in [2.45, 2.75) is 26.3 Å². The Kier molecular flexibility index (Phi) is 5.91. The van der Waals surface area contributed by atoms with Crippen LogP contribution in [0.2, 0.25) is 0 Å². The molecule has 0 atom stereocenters. The molecule has 3 amide bonds. The molecule has 22 heavy (non-hydrogen) atoms. The van der Waals surface area contributed by atoms with Gasteiger partial charge in [-0.25, -0.2) is 9.59 Å². The molecule has 0 unspecified atom stereocenters. The molecule has 0 heterocycles. The number of ether oxygens (including phenoxy) is 1. The maximum atomic E-state index is 11.9. The van der Waals surface area contributed by atoms with Gasteiger partial charge in [-0.3, -0.25) is 10.1 Å². The number of nitrogens with one attached hydrogen (secondary N) is 3. The first-order valence-corrected chi connectivity index (χ1v) is 6.79. The van der Waals surface area contributed by atoms with Gasteiger partial charge < -0.3 is 15.4 Å². The summed E-state index contributed by atoms with van der Waals surface area (Å²) in [6, 6.07) is 6.12. The van der Waals surface area contributed by atoms with Crippen LogP contribution >= 0.6 is 0 Å². The van der Waals surface area contributed by atoms with Crippen LogP contribution in [0.25, 0.3) is 0 Å². The lowest BCUT2D eigenvalue weighted by atomic mass is 10.1. The first-order valence-electron chi connectivity index (χ1n) is 6.79. The lowest BCUT2D eigenvalue weighted by Crippen LogP contribution is -2.49. The van der Waals surface area contributed by atoms with Crippen molar-refractivity contribution in [2.75, 3.05) is 19.0 Å². The number of para-hydroxylation sites is 1. The molecule has 1 aromatic rings. The quantitative estimate of drug-likeness (QED) is 0.733. The molecule has 0 fully saturated rings. The maximum absolute atomic E-state index is 11.9. The molecule has 0 radical (unpaired) electrons.